The van der Waals surface area contributed by atoms with E-state index in [-0.39, 0.29) is 22.5 Å². The second kappa shape index (κ2) is 6.60. The molecule has 7 nitrogen and oxygen atoms in total. The van der Waals surface area contributed by atoms with Crippen LogP contribution in [0.2, 0.25) is 0 Å². The van der Waals surface area contributed by atoms with Crippen LogP contribution in [0.4, 0.5) is 5.69 Å². The summed E-state index contributed by atoms with van der Waals surface area (Å²) >= 11 is 2.49. The Labute approximate surface area is 129 Å². The molecule has 3 N–H and O–H groups in total. The van der Waals surface area contributed by atoms with E-state index in [1.54, 1.807) is 0 Å². The highest BCUT2D eigenvalue weighted by Gasteiger charge is 2.16. The van der Waals surface area contributed by atoms with Gasteiger partial charge in [-0.15, -0.1) is 0 Å². The first-order valence-corrected chi connectivity index (χ1v) is 9.16. The lowest BCUT2D eigenvalue weighted by Crippen LogP contribution is -2.15. The quantitative estimate of drug-likeness (QED) is 0.826. The predicted molar refractivity (Wildman–Crippen MR) is 83.8 cm³/mol. The molecule has 1 aliphatic rings. The number of nitrogens with zero attached hydrogens (tertiary/aromatic N) is 1. The number of rotatable bonds is 4. The second-order valence-electron chi connectivity index (χ2n) is 3.97. The normalized spacial score (nSPS) is 14.9. The average molecular weight is 345 g/mol. The number of nitrogens with two attached hydrogens (primary N) is 1. The number of anilines is 1. The molecule has 0 saturated heterocycles. The van der Waals surface area contributed by atoms with Crippen molar-refractivity contribution in [2.45, 2.75) is 4.90 Å². The topological polar surface area (TPSA) is 119 Å². The summed E-state index contributed by atoms with van der Waals surface area (Å²) in [6.07, 6.45) is 0. The molecule has 2 amide bonds. The van der Waals surface area contributed by atoms with Gasteiger partial charge in [0.15, 0.2) is 0 Å². The maximum absolute atomic E-state index is 11.7. The van der Waals surface area contributed by atoms with Crippen molar-refractivity contribution in [3.05, 3.63) is 24.3 Å². The molecule has 0 aliphatic carbocycles. The molecule has 10 heteroatoms. The van der Waals surface area contributed by atoms with E-state index in [1.807, 2.05) is 0 Å². The summed E-state index contributed by atoms with van der Waals surface area (Å²) in [4.78, 5) is 26.4. The smallest absolute Gasteiger partial charge is 0.257 e. The van der Waals surface area contributed by atoms with E-state index in [0.29, 0.717) is 15.8 Å². The van der Waals surface area contributed by atoms with E-state index in [0.717, 1.165) is 0 Å². The zero-order valence-electron chi connectivity index (χ0n) is 10.6. The third-order valence-corrected chi connectivity index (χ3v) is 5.44. The highest BCUT2D eigenvalue weighted by atomic mass is 32.2. The van der Waals surface area contributed by atoms with Crippen LogP contribution in [0.25, 0.3) is 0 Å². The Hall–Kier alpha value is -1.36. The van der Waals surface area contributed by atoms with Crippen molar-refractivity contribution in [3.63, 3.8) is 0 Å². The van der Waals surface area contributed by atoms with Crippen LogP contribution in [0.15, 0.2) is 34.2 Å². The summed E-state index contributed by atoms with van der Waals surface area (Å²) in [6, 6.07) is 5.53. The highest BCUT2D eigenvalue weighted by Crippen LogP contribution is 2.23. The Morgan fingerprint density at radius 2 is 2.05 bits per heavy atom. The van der Waals surface area contributed by atoms with Gasteiger partial charge in [0.2, 0.25) is 15.9 Å². The first-order chi connectivity index (χ1) is 9.84. The standard InChI is InChI=1S/C11H11N3O4S3/c12-21(17,18)8-3-1-7(2-4-8)13-9(15)5-19-11-14-10(16)6-20-11/h1-4H,5-6H2,(H,13,15)(H2,12,17,18). The molecule has 21 heavy (non-hydrogen) atoms. The number of nitrogens with one attached hydrogen (secondary N) is 1. The fraction of sp³-hybridized carbons (Fsp3) is 0.182. The van der Waals surface area contributed by atoms with Crippen LogP contribution in [0, 0.1) is 0 Å². The summed E-state index contributed by atoms with van der Waals surface area (Å²) in [6.45, 7) is 0. The molecular weight excluding hydrogens is 334 g/mol. The fourth-order valence-electron chi connectivity index (χ4n) is 1.42. The molecule has 112 valence electrons. The van der Waals surface area contributed by atoms with Crippen LogP contribution < -0.4 is 10.5 Å². The predicted octanol–water partition coefficient (Wildman–Crippen LogP) is 0.635. The molecule has 0 spiro atoms. The number of sulfonamides is 1. The van der Waals surface area contributed by atoms with Gasteiger partial charge in [0.1, 0.15) is 4.38 Å². The molecule has 1 heterocycles. The van der Waals surface area contributed by atoms with E-state index in [2.05, 4.69) is 10.3 Å². The van der Waals surface area contributed by atoms with Crippen LogP contribution in [0.1, 0.15) is 0 Å². The molecule has 1 aromatic rings. The molecule has 1 aromatic carbocycles. The van der Waals surface area contributed by atoms with Gasteiger partial charge < -0.3 is 5.32 Å². The number of thioether (sulfide) groups is 2. The van der Waals surface area contributed by atoms with E-state index in [9.17, 15) is 18.0 Å². The van der Waals surface area contributed by atoms with Gasteiger partial charge in [-0.1, -0.05) is 23.5 Å². The van der Waals surface area contributed by atoms with Gasteiger partial charge in [-0.25, -0.2) is 13.6 Å². The van der Waals surface area contributed by atoms with E-state index in [4.69, 9.17) is 5.14 Å². The molecule has 2 rings (SSSR count). The van der Waals surface area contributed by atoms with Crippen molar-refractivity contribution in [1.29, 1.82) is 0 Å². The van der Waals surface area contributed by atoms with Crippen LogP contribution in [0.3, 0.4) is 0 Å². The maximum atomic E-state index is 11.7. The Balaban J connectivity index is 1.88. The van der Waals surface area contributed by atoms with Crippen LogP contribution in [-0.4, -0.2) is 36.1 Å². The molecule has 0 atom stereocenters. The number of hydrogen-bond donors (Lipinski definition) is 2. The molecule has 0 saturated carbocycles. The minimum atomic E-state index is -3.74. The average Bonchev–Trinajstić information content (AvgIpc) is 2.82. The third-order valence-electron chi connectivity index (χ3n) is 2.33. The van der Waals surface area contributed by atoms with E-state index < -0.39 is 10.0 Å². The van der Waals surface area contributed by atoms with Crippen LogP contribution in [0.5, 0.6) is 0 Å². The van der Waals surface area contributed by atoms with Crippen molar-refractivity contribution in [2.75, 3.05) is 16.8 Å². The summed E-state index contributed by atoms with van der Waals surface area (Å²) in [5, 5.41) is 7.59. The van der Waals surface area contributed by atoms with Gasteiger partial charge in [-0.3, -0.25) is 9.59 Å². The number of carbonyl (C=O) groups is 2. The number of carbonyl (C=O) groups excluding carboxylic acids is 2. The monoisotopic (exact) mass is 345 g/mol. The molecule has 0 radical (unpaired) electrons. The Morgan fingerprint density at radius 3 is 2.57 bits per heavy atom. The van der Waals surface area contributed by atoms with Crippen molar-refractivity contribution in [3.8, 4) is 0 Å². The van der Waals surface area contributed by atoms with Crippen molar-refractivity contribution < 1.29 is 18.0 Å². The van der Waals surface area contributed by atoms with E-state index >= 15 is 0 Å². The Kier molecular flexibility index (Phi) is 5.04. The number of primary sulfonamides is 1. The first-order valence-electron chi connectivity index (χ1n) is 5.64. The van der Waals surface area contributed by atoms with E-state index in [1.165, 1.54) is 47.8 Å². The Morgan fingerprint density at radius 1 is 1.38 bits per heavy atom. The van der Waals surface area contributed by atoms with Gasteiger partial charge in [-0.05, 0) is 24.3 Å². The minimum Gasteiger partial charge on any atom is -0.325 e. The van der Waals surface area contributed by atoms with Gasteiger partial charge in [-0.2, -0.15) is 4.99 Å². The molecule has 0 unspecified atom stereocenters. The lowest BCUT2D eigenvalue weighted by molar-refractivity contribution is -0.115. The molecule has 0 aromatic heterocycles. The summed E-state index contributed by atoms with van der Waals surface area (Å²) in [7, 11) is -3.74. The zero-order valence-corrected chi connectivity index (χ0v) is 13.1. The highest BCUT2D eigenvalue weighted by molar-refractivity contribution is 8.39. The Bertz CT molecular complexity index is 698. The number of aliphatic imine (C=N–C) groups is 1. The van der Waals surface area contributed by atoms with Crippen molar-refractivity contribution in [1.82, 2.24) is 0 Å². The maximum Gasteiger partial charge on any atom is 0.257 e. The van der Waals surface area contributed by atoms with Gasteiger partial charge >= 0.3 is 0 Å². The van der Waals surface area contributed by atoms with Gasteiger partial charge in [0, 0.05) is 5.69 Å². The fourth-order valence-corrected chi connectivity index (χ4v) is 3.59. The van der Waals surface area contributed by atoms with Gasteiger partial charge in [0.25, 0.3) is 5.91 Å². The molecule has 0 fully saturated rings. The minimum absolute atomic E-state index is 0.0231. The third kappa shape index (κ3) is 4.84. The van der Waals surface area contributed by atoms with Crippen LogP contribution >= 0.6 is 23.5 Å². The number of hydrogen-bond acceptors (Lipinski definition) is 6. The van der Waals surface area contributed by atoms with Crippen molar-refractivity contribution in [2.24, 2.45) is 10.1 Å². The molecule has 0 bridgehead atoms. The zero-order chi connectivity index (χ0) is 15.5. The lowest BCUT2D eigenvalue weighted by atomic mass is 10.3. The molecular formula is C11H11N3O4S3. The number of amides is 2. The first kappa shape index (κ1) is 16.0. The van der Waals surface area contributed by atoms with Gasteiger partial charge in [0.05, 0.1) is 16.4 Å². The lowest BCUT2D eigenvalue weighted by Gasteiger charge is -2.05. The molecule has 1 aliphatic heterocycles. The summed E-state index contributed by atoms with van der Waals surface area (Å²) in [5.74, 6) is -0.0258. The summed E-state index contributed by atoms with van der Waals surface area (Å²) < 4.78 is 22.8. The van der Waals surface area contributed by atoms with Crippen LogP contribution in [-0.2, 0) is 19.6 Å². The summed E-state index contributed by atoms with van der Waals surface area (Å²) in [5.41, 5.74) is 0.463. The number of benzene rings is 1. The largest absolute Gasteiger partial charge is 0.325 e. The second-order valence-corrected chi connectivity index (χ2v) is 7.71. The van der Waals surface area contributed by atoms with Crippen molar-refractivity contribution >= 4 is 55.4 Å². The SMILES string of the molecule is NS(=O)(=O)c1ccc(NC(=O)CSC2=NC(=O)CS2)cc1.